The van der Waals surface area contributed by atoms with Gasteiger partial charge in [-0.3, -0.25) is 10.1 Å². The van der Waals surface area contributed by atoms with Crippen LogP contribution >= 0.6 is 0 Å². The van der Waals surface area contributed by atoms with Gasteiger partial charge in [-0.1, -0.05) is 30.3 Å². The number of nitro groups is 1. The van der Waals surface area contributed by atoms with Crippen LogP contribution in [0.5, 0.6) is 0 Å². The Kier molecular flexibility index (Phi) is 5.11. The van der Waals surface area contributed by atoms with Crippen molar-refractivity contribution in [3.8, 4) is 0 Å². The minimum atomic E-state index is -1.01. The summed E-state index contributed by atoms with van der Waals surface area (Å²) in [6, 6.07) is 15.4. The van der Waals surface area contributed by atoms with Crippen LogP contribution in [0.15, 0.2) is 78.8 Å². The molecule has 0 aliphatic carbocycles. The number of aliphatic hydroxyl groups excluding tert-OH is 1. The van der Waals surface area contributed by atoms with E-state index in [0.29, 0.717) is 17.9 Å². The van der Waals surface area contributed by atoms with Crippen LogP contribution in [0, 0.1) is 10.1 Å². The van der Waals surface area contributed by atoms with Gasteiger partial charge < -0.3 is 14.6 Å². The second-order valence-corrected chi connectivity index (χ2v) is 5.52. The maximum Gasteiger partial charge on any atom is 0.269 e. The van der Waals surface area contributed by atoms with Crippen molar-refractivity contribution in [2.24, 2.45) is 0 Å². The first-order valence-corrected chi connectivity index (χ1v) is 7.76. The molecule has 2 unspecified atom stereocenters. The van der Waals surface area contributed by atoms with E-state index in [0.717, 1.165) is 5.56 Å². The normalized spacial score (nSPS) is 17.3. The highest BCUT2D eigenvalue weighted by molar-refractivity contribution is 5.35. The Labute approximate surface area is 144 Å². The number of hydrogen-bond acceptors (Lipinski definition) is 5. The van der Waals surface area contributed by atoms with Crippen LogP contribution in [-0.2, 0) is 16.1 Å². The van der Waals surface area contributed by atoms with Crippen molar-refractivity contribution in [2.75, 3.05) is 0 Å². The quantitative estimate of drug-likeness (QED) is 0.642. The second-order valence-electron chi connectivity index (χ2n) is 5.52. The van der Waals surface area contributed by atoms with E-state index < -0.39 is 17.1 Å². The van der Waals surface area contributed by atoms with E-state index in [1.165, 1.54) is 30.5 Å². The molecule has 6 heteroatoms. The molecular formula is C19H17NO5. The molecule has 1 heterocycles. The molecule has 2 aromatic rings. The summed E-state index contributed by atoms with van der Waals surface area (Å²) in [6.07, 6.45) is 3.20. The number of allylic oxidation sites excluding steroid dienone is 2. The standard InChI is InChI=1S/C19H17NO5/c21-18(15-8-10-16(11-9-15)20(22)23)19-17(7-4-12-24-19)25-13-14-5-2-1-3-6-14/h1-12,18-19,21H,13H2. The van der Waals surface area contributed by atoms with E-state index in [-0.39, 0.29) is 5.69 Å². The molecule has 0 aromatic heterocycles. The van der Waals surface area contributed by atoms with Crippen LogP contribution in [-0.4, -0.2) is 16.1 Å². The number of aliphatic hydroxyl groups is 1. The summed E-state index contributed by atoms with van der Waals surface area (Å²) in [5.74, 6) is 0.497. The Morgan fingerprint density at radius 1 is 1.16 bits per heavy atom. The number of rotatable bonds is 6. The smallest absolute Gasteiger partial charge is 0.269 e. The topological polar surface area (TPSA) is 81.8 Å². The number of benzene rings is 2. The molecule has 128 valence electrons. The fourth-order valence-corrected chi connectivity index (χ4v) is 2.50. The number of nitrogens with zero attached hydrogens (tertiary/aromatic N) is 1. The van der Waals surface area contributed by atoms with E-state index in [4.69, 9.17) is 9.47 Å². The number of non-ortho nitro benzene ring substituents is 1. The third kappa shape index (κ3) is 4.05. The third-order valence-corrected chi connectivity index (χ3v) is 3.83. The lowest BCUT2D eigenvalue weighted by molar-refractivity contribution is -0.384. The largest absolute Gasteiger partial charge is 0.489 e. The second kappa shape index (κ2) is 7.63. The maximum absolute atomic E-state index is 10.7. The Balaban J connectivity index is 1.71. The molecule has 2 atom stereocenters. The minimum absolute atomic E-state index is 0.0310. The lowest BCUT2D eigenvalue weighted by Crippen LogP contribution is -2.25. The Morgan fingerprint density at radius 3 is 2.56 bits per heavy atom. The molecule has 2 aromatic carbocycles. The van der Waals surface area contributed by atoms with E-state index in [2.05, 4.69) is 0 Å². The molecule has 0 saturated carbocycles. The van der Waals surface area contributed by atoms with Crippen molar-refractivity contribution in [2.45, 2.75) is 18.8 Å². The predicted octanol–water partition coefficient (Wildman–Crippen LogP) is 3.64. The Morgan fingerprint density at radius 2 is 1.88 bits per heavy atom. The van der Waals surface area contributed by atoms with E-state index in [9.17, 15) is 15.2 Å². The third-order valence-electron chi connectivity index (χ3n) is 3.83. The molecule has 1 N–H and O–H groups in total. The lowest BCUT2D eigenvalue weighted by Gasteiger charge is -2.27. The van der Waals surface area contributed by atoms with Crippen molar-refractivity contribution in [3.05, 3.63) is 100 Å². The highest BCUT2D eigenvalue weighted by Crippen LogP contribution is 2.29. The first-order chi connectivity index (χ1) is 12.1. The van der Waals surface area contributed by atoms with Crippen molar-refractivity contribution >= 4 is 5.69 Å². The van der Waals surface area contributed by atoms with Crippen molar-refractivity contribution in [1.82, 2.24) is 0 Å². The minimum Gasteiger partial charge on any atom is -0.489 e. The van der Waals surface area contributed by atoms with Gasteiger partial charge in [0.15, 0.2) is 6.10 Å². The summed E-state index contributed by atoms with van der Waals surface area (Å²) in [5.41, 5.74) is 1.48. The molecule has 0 bridgehead atoms. The van der Waals surface area contributed by atoms with Gasteiger partial charge in [-0.15, -0.1) is 0 Å². The van der Waals surface area contributed by atoms with E-state index in [1.54, 1.807) is 12.2 Å². The first kappa shape index (κ1) is 16.7. The molecule has 6 nitrogen and oxygen atoms in total. The van der Waals surface area contributed by atoms with Crippen molar-refractivity contribution < 1.29 is 19.5 Å². The fraction of sp³-hybridized carbons (Fsp3) is 0.158. The van der Waals surface area contributed by atoms with Crippen LogP contribution < -0.4 is 0 Å². The van der Waals surface area contributed by atoms with Gasteiger partial charge in [-0.05, 0) is 35.4 Å². The van der Waals surface area contributed by atoms with Gasteiger partial charge in [-0.25, -0.2) is 0 Å². The number of ether oxygens (including phenoxy) is 2. The number of hydrogen-bond donors (Lipinski definition) is 1. The fourth-order valence-electron chi connectivity index (χ4n) is 2.50. The molecule has 3 rings (SSSR count). The monoisotopic (exact) mass is 339 g/mol. The maximum atomic E-state index is 10.7. The molecular weight excluding hydrogens is 322 g/mol. The van der Waals surface area contributed by atoms with Crippen LogP contribution in [0.1, 0.15) is 17.2 Å². The Bertz CT molecular complexity index is 783. The van der Waals surface area contributed by atoms with Crippen LogP contribution in [0.4, 0.5) is 5.69 Å². The molecule has 0 saturated heterocycles. The number of nitro benzene ring substituents is 1. The summed E-state index contributed by atoms with van der Waals surface area (Å²) in [6.45, 7) is 0.355. The highest BCUT2D eigenvalue weighted by Gasteiger charge is 2.29. The summed E-state index contributed by atoms with van der Waals surface area (Å²) in [5, 5.41) is 21.3. The average molecular weight is 339 g/mol. The molecule has 0 amide bonds. The molecule has 0 spiro atoms. The van der Waals surface area contributed by atoms with Gasteiger partial charge in [0.1, 0.15) is 18.5 Å². The van der Waals surface area contributed by atoms with Crippen molar-refractivity contribution in [3.63, 3.8) is 0 Å². The molecule has 25 heavy (non-hydrogen) atoms. The first-order valence-electron chi connectivity index (χ1n) is 7.76. The molecule has 1 aliphatic heterocycles. The zero-order valence-electron chi connectivity index (χ0n) is 13.3. The van der Waals surface area contributed by atoms with Crippen LogP contribution in [0.3, 0.4) is 0 Å². The van der Waals surface area contributed by atoms with Crippen molar-refractivity contribution in [1.29, 1.82) is 0 Å². The van der Waals surface area contributed by atoms with E-state index >= 15 is 0 Å². The SMILES string of the molecule is O=[N+]([O-])c1ccc(C(O)C2OC=CC=C2OCc2ccccc2)cc1. The van der Waals surface area contributed by atoms with Gasteiger partial charge in [0.05, 0.1) is 11.2 Å². The summed E-state index contributed by atoms with van der Waals surface area (Å²) in [4.78, 5) is 10.3. The van der Waals surface area contributed by atoms with E-state index in [1.807, 2.05) is 30.3 Å². The zero-order chi connectivity index (χ0) is 17.6. The summed E-state index contributed by atoms with van der Waals surface area (Å²) < 4.78 is 11.3. The summed E-state index contributed by atoms with van der Waals surface area (Å²) >= 11 is 0. The highest BCUT2D eigenvalue weighted by atomic mass is 16.6. The van der Waals surface area contributed by atoms with Crippen LogP contribution in [0.25, 0.3) is 0 Å². The molecule has 1 aliphatic rings. The van der Waals surface area contributed by atoms with Gasteiger partial charge in [0.25, 0.3) is 5.69 Å². The predicted molar refractivity (Wildman–Crippen MR) is 91.4 cm³/mol. The Hall–Kier alpha value is -3.12. The average Bonchev–Trinajstić information content (AvgIpc) is 2.67. The molecule has 0 fully saturated rings. The molecule has 0 radical (unpaired) electrons. The zero-order valence-corrected chi connectivity index (χ0v) is 13.3. The summed E-state index contributed by atoms with van der Waals surface area (Å²) in [7, 11) is 0. The van der Waals surface area contributed by atoms with Crippen LogP contribution in [0.2, 0.25) is 0 Å². The van der Waals surface area contributed by atoms with Gasteiger partial charge in [0, 0.05) is 12.1 Å². The van der Waals surface area contributed by atoms with Gasteiger partial charge in [0.2, 0.25) is 0 Å². The van der Waals surface area contributed by atoms with Gasteiger partial charge >= 0.3 is 0 Å². The van der Waals surface area contributed by atoms with Gasteiger partial charge in [-0.2, -0.15) is 0 Å². The lowest BCUT2D eigenvalue weighted by atomic mass is 10.0.